The fraction of sp³-hybridized carbons (Fsp3) is 0.500. The second-order valence-electron chi connectivity index (χ2n) is 6.10. The monoisotopic (exact) mass is 289 g/mol. The van der Waals surface area contributed by atoms with E-state index >= 15 is 0 Å². The molecule has 1 aliphatic heterocycles. The second-order valence-corrected chi connectivity index (χ2v) is 6.10. The molecule has 0 atom stereocenters. The molecule has 0 unspecified atom stereocenters. The molecule has 0 aromatic carbocycles. The molecular formula is C18H27NO2. The number of hydrogen-bond donors (Lipinski definition) is 2. The number of hydrogen-bond acceptors (Lipinski definition) is 2. The Bertz CT molecular complexity index is 373. The molecule has 21 heavy (non-hydrogen) atoms. The molecule has 0 spiro atoms. The summed E-state index contributed by atoms with van der Waals surface area (Å²) in [6.45, 7) is 15.3. The molecular weight excluding hydrogens is 262 g/mol. The predicted molar refractivity (Wildman–Crippen MR) is 88.2 cm³/mol. The number of carbonyl (C=O) groups is 1. The summed E-state index contributed by atoms with van der Waals surface area (Å²) < 4.78 is 0. The van der Waals surface area contributed by atoms with E-state index in [1.165, 1.54) is 0 Å². The number of nitrogens with one attached hydrogen (secondary N) is 1. The van der Waals surface area contributed by atoms with E-state index in [9.17, 15) is 9.90 Å². The molecule has 0 aromatic heterocycles. The van der Waals surface area contributed by atoms with Crippen molar-refractivity contribution in [3.63, 3.8) is 0 Å². The SMILES string of the molecule is C=CCC1(CC=C)CC(C(=O)O)CC(CC=C)(CC=C)N1. The van der Waals surface area contributed by atoms with Crippen molar-refractivity contribution >= 4 is 5.97 Å². The minimum absolute atomic E-state index is 0.295. The molecule has 0 saturated carbocycles. The van der Waals surface area contributed by atoms with Gasteiger partial charge in [-0.15, -0.1) is 26.3 Å². The van der Waals surface area contributed by atoms with Gasteiger partial charge in [-0.05, 0) is 38.5 Å². The van der Waals surface area contributed by atoms with E-state index in [0.717, 1.165) is 25.7 Å². The van der Waals surface area contributed by atoms with Crippen LogP contribution in [0.3, 0.4) is 0 Å². The maximum absolute atomic E-state index is 11.6. The first-order valence-electron chi connectivity index (χ1n) is 7.42. The van der Waals surface area contributed by atoms with Crippen molar-refractivity contribution in [3.05, 3.63) is 50.6 Å². The maximum atomic E-state index is 11.6. The van der Waals surface area contributed by atoms with Crippen molar-refractivity contribution in [1.29, 1.82) is 0 Å². The number of carboxylic acids is 1. The molecule has 3 heteroatoms. The van der Waals surface area contributed by atoms with Crippen LogP contribution in [-0.4, -0.2) is 22.2 Å². The molecule has 0 aliphatic carbocycles. The van der Waals surface area contributed by atoms with Crippen LogP contribution < -0.4 is 5.32 Å². The van der Waals surface area contributed by atoms with Crippen LogP contribution in [0.1, 0.15) is 38.5 Å². The Hall–Kier alpha value is -1.61. The minimum atomic E-state index is -0.730. The lowest BCUT2D eigenvalue weighted by Crippen LogP contribution is -2.63. The van der Waals surface area contributed by atoms with E-state index in [4.69, 9.17) is 0 Å². The van der Waals surface area contributed by atoms with Crippen molar-refractivity contribution in [2.24, 2.45) is 5.92 Å². The van der Waals surface area contributed by atoms with Crippen LogP contribution in [0.4, 0.5) is 0 Å². The van der Waals surface area contributed by atoms with Crippen LogP contribution in [0.5, 0.6) is 0 Å². The molecule has 1 heterocycles. The average molecular weight is 289 g/mol. The first kappa shape index (κ1) is 17.4. The van der Waals surface area contributed by atoms with E-state index < -0.39 is 5.97 Å². The minimum Gasteiger partial charge on any atom is -0.481 e. The van der Waals surface area contributed by atoms with Crippen molar-refractivity contribution < 1.29 is 9.90 Å². The van der Waals surface area contributed by atoms with Crippen LogP contribution in [-0.2, 0) is 4.79 Å². The van der Waals surface area contributed by atoms with Crippen LogP contribution in [0.25, 0.3) is 0 Å². The average Bonchev–Trinajstić information content (AvgIpc) is 2.39. The van der Waals surface area contributed by atoms with E-state index in [1.54, 1.807) is 0 Å². The summed E-state index contributed by atoms with van der Waals surface area (Å²) in [5, 5.41) is 13.3. The molecule has 1 saturated heterocycles. The number of aliphatic carboxylic acids is 1. The molecule has 2 N–H and O–H groups in total. The van der Waals surface area contributed by atoms with E-state index in [1.807, 2.05) is 24.3 Å². The van der Waals surface area contributed by atoms with Crippen LogP contribution in [0.15, 0.2) is 50.6 Å². The predicted octanol–water partition coefficient (Wildman–Crippen LogP) is 3.85. The summed E-state index contributed by atoms with van der Waals surface area (Å²) in [5.74, 6) is -1.10. The van der Waals surface area contributed by atoms with Crippen molar-refractivity contribution in [1.82, 2.24) is 5.32 Å². The smallest absolute Gasteiger partial charge is 0.306 e. The molecule has 1 fully saturated rings. The Morgan fingerprint density at radius 2 is 1.29 bits per heavy atom. The summed E-state index contributed by atoms with van der Waals surface area (Å²) in [5.41, 5.74) is -0.590. The summed E-state index contributed by atoms with van der Waals surface area (Å²) in [6, 6.07) is 0. The van der Waals surface area contributed by atoms with Gasteiger partial charge in [0, 0.05) is 11.1 Å². The third-order valence-corrected chi connectivity index (χ3v) is 4.29. The van der Waals surface area contributed by atoms with Crippen molar-refractivity contribution in [2.45, 2.75) is 49.6 Å². The number of rotatable bonds is 9. The van der Waals surface area contributed by atoms with Gasteiger partial charge in [-0.25, -0.2) is 0 Å². The summed E-state index contributed by atoms with van der Waals surface area (Å²) >= 11 is 0. The number of carboxylic acid groups (broad SMARTS) is 1. The van der Waals surface area contributed by atoms with Gasteiger partial charge >= 0.3 is 5.97 Å². The molecule has 0 radical (unpaired) electrons. The van der Waals surface area contributed by atoms with Gasteiger partial charge in [0.2, 0.25) is 0 Å². The molecule has 3 nitrogen and oxygen atoms in total. The lowest BCUT2D eigenvalue weighted by Gasteiger charge is -2.51. The summed E-state index contributed by atoms with van der Waals surface area (Å²) in [4.78, 5) is 11.6. The third-order valence-electron chi connectivity index (χ3n) is 4.29. The zero-order valence-electron chi connectivity index (χ0n) is 12.8. The number of piperidine rings is 1. The Morgan fingerprint density at radius 3 is 1.52 bits per heavy atom. The van der Waals surface area contributed by atoms with Gasteiger partial charge < -0.3 is 10.4 Å². The highest BCUT2D eigenvalue weighted by atomic mass is 16.4. The van der Waals surface area contributed by atoms with Crippen LogP contribution in [0, 0.1) is 5.92 Å². The van der Waals surface area contributed by atoms with Gasteiger partial charge in [0.25, 0.3) is 0 Å². The fourth-order valence-corrected chi connectivity index (χ4v) is 3.66. The molecule has 0 aromatic rings. The van der Waals surface area contributed by atoms with Gasteiger partial charge in [-0.1, -0.05) is 24.3 Å². The molecule has 1 rings (SSSR count). The zero-order chi connectivity index (χ0) is 15.9. The first-order chi connectivity index (χ1) is 9.96. The summed E-state index contributed by atoms with van der Waals surface area (Å²) in [7, 11) is 0. The quantitative estimate of drug-likeness (QED) is 0.634. The first-order valence-corrected chi connectivity index (χ1v) is 7.42. The highest BCUT2D eigenvalue weighted by Crippen LogP contribution is 2.41. The van der Waals surface area contributed by atoms with E-state index in [-0.39, 0.29) is 17.0 Å². The van der Waals surface area contributed by atoms with E-state index in [2.05, 4.69) is 31.6 Å². The van der Waals surface area contributed by atoms with E-state index in [0.29, 0.717) is 12.8 Å². The highest BCUT2D eigenvalue weighted by molar-refractivity contribution is 5.70. The van der Waals surface area contributed by atoms with Crippen LogP contribution in [0.2, 0.25) is 0 Å². The Balaban J connectivity index is 3.21. The van der Waals surface area contributed by atoms with Crippen LogP contribution >= 0.6 is 0 Å². The Labute approximate surface area is 128 Å². The molecule has 116 valence electrons. The third kappa shape index (κ3) is 4.18. The van der Waals surface area contributed by atoms with Gasteiger partial charge in [0.05, 0.1) is 5.92 Å². The Kier molecular flexibility index (Phi) is 6.16. The molecule has 1 aliphatic rings. The molecule has 0 bridgehead atoms. The summed E-state index contributed by atoms with van der Waals surface area (Å²) in [6.07, 6.45) is 11.5. The standard InChI is InChI=1S/C18H27NO2/c1-5-9-17(10-6-2)13-15(16(20)21)14-18(19-17,11-7-3)12-8-4/h5-8,15,19H,1-4,9-14H2,(H,20,21). The Morgan fingerprint density at radius 1 is 0.952 bits per heavy atom. The lowest BCUT2D eigenvalue weighted by atomic mass is 9.68. The van der Waals surface area contributed by atoms with Gasteiger partial charge in [-0.2, -0.15) is 0 Å². The van der Waals surface area contributed by atoms with Crippen molar-refractivity contribution in [2.75, 3.05) is 0 Å². The fourth-order valence-electron chi connectivity index (χ4n) is 3.66. The van der Waals surface area contributed by atoms with Gasteiger partial charge in [0.15, 0.2) is 0 Å². The van der Waals surface area contributed by atoms with Gasteiger partial charge in [-0.3, -0.25) is 4.79 Å². The van der Waals surface area contributed by atoms with Gasteiger partial charge in [0.1, 0.15) is 0 Å². The zero-order valence-corrected chi connectivity index (χ0v) is 12.8. The maximum Gasteiger partial charge on any atom is 0.306 e. The van der Waals surface area contributed by atoms with Crippen molar-refractivity contribution in [3.8, 4) is 0 Å². The topological polar surface area (TPSA) is 49.3 Å². The lowest BCUT2D eigenvalue weighted by molar-refractivity contribution is -0.145. The molecule has 0 amide bonds. The normalized spacial score (nSPS) is 20.4. The highest BCUT2D eigenvalue weighted by Gasteiger charge is 2.47. The second kappa shape index (κ2) is 7.41. The largest absolute Gasteiger partial charge is 0.481 e.